The third-order valence-corrected chi connectivity index (χ3v) is 5.84. The van der Waals surface area contributed by atoms with E-state index in [9.17, 15) is 23.1 Å². The average Bonchev–Trinajstić information content (AvgIpc) is 2.89. The number of aromatic nitrogens is 3. The van der Waals surface area contributed by atoms with Crippen molar-refractivity contribution in [2.75, 3.05) is 12.4 Å². The monoisotopic (exact) mass is 533 g/mol. The molecule has 1 saturated carbocycles. The molecule has 2 amide bonds. The molecule has 10 nitrogen and oxygen atoms in total. The van der Waals surface area contributed by atoms with Crippen LogP contribution in [0.4, 0.5) is 23.7 Å². The first-order chi connectivity index (χ1) is 18.2. The lowest BCUT2D eigenvalue weighted by Gasteiger charge is -2.29. The van der Waals surface area contributed by atoms with Gasteiger partial charge in [-0.25, -0.2) is 9.78 Å². The van der Waals surface area contributed by atoms with Crippen molar-refractivity contribution in [3.8, 4) is 28.8 Å². The number of nitrogens with one attached hydrogen (secondary N) is 2. The number of hydrogen-bond donors (Lipinski definition) is 3. The fourth-order valence-electron chi connectivity index (χ4n) is 4.19. The molecule has 2 aromatic heterocycles. The molecule has 1 aliphatic carbocycles. The Morgan fingerprint density at radius 2 is 1.95 bits per heavy atom. The third kappa shape index (κ3) is 7.22. The largest absolute Gasteiger partial charge is 0.573 e. The van der Waals surface area contributed by atoms with Crippen molar-refractivity contribution in [1.82, 2.24) is 20.3 Å². The van der Waals surface area contributed by atoms with Gasteiger partial charge in [0.1, 0.15) is 17.6 Å². The van der Waals surface area contributed by atoms with Crippen molar-refractivity contribution in [3.63, 3.8) is 0 Å². The molecule has 0 saturated heterocycles. The van der Waals surface area contributed by atoms with Gasteiger partial charge in [0, 0.05) is 47.9 Å². The molecule has 0 atom stereocenters. The molecule has 1 fully saturated rings. The number of methoxy groups -OCH3 is 1. The van der Waals surface area contributed by atoms with Crippen LogP contribution in [0.3, 0.4) is 0 Å². The van der Waals surface area contributed by atoms with Crippen molar-refractivity contribution in [2.45, 2.75) is 50.8 Å². The van der Waals surface area contributed by atoms with E-state index in [4.69, 9.17) is 9.47 Å². The molecule has 0 bridgehead atoms. The Bertz CT molecular complexity index is 1240. The number of hydrogen-bond acceptors (Lipinski definition) is 8. The Morgan fingerprint density at radius 1 is 1.16 bits per heavy atom. The highest BCUT2D eigenvalue weighted by Gasteiger charge is 2.32. The zero-order valence-corrected chi connectivity index (χ0v) is 20.4. The number of amides is 2. The number of halogens is 3. The summed E-state index contributed by atoms with van der Waals surface area (Å²) in [6.45, 7) is -0.616. The molecule has 0 radical (unpaired) electrons. The van der Waals surface area contributed by atoms with E-state index >= 15 is 0 Å². The van der Waals surface area contributed by atoms with Gasteiger partial charge in [-0.3, -0.25) is 4.98 Å². The molecule has 2 heterocycles. The van der Waals surface area contributed by atoms with Crippen LogP contribution in [0.2, 0.25) is 0 Å². The van der Waals surface area contributed by atoms with E-state index < -0.39 is 24.7 Å². The van der Waals surface area contributed by atoms with E-state index in [2.05, 4.69) is 30.3 Å². The van der Waals surface area contributed by atoms with Gasteiger partial charge < -0.3 is 30.0 Å². The second-order valence-corrected chi connectivity index (χ2v) is 8.52. The van der Waals surface area contributed by atoms with Crippen LogP contribution in [-0.4, -0.2) is 51.7 Å². The molecule has 13 heteroatoms. The summed E-state index contributed by atoms with van der Waals surface area (Å²) in [5.41, 5.74) is 0.731. The zero-order chi connectivity index (χ0) is 27.1. The molecule has 38 heavy (non-hydrogen) atoms. The molecule has 3 N–H and O–H groups in total. The van der Waals surface area contributed by atoms with Crippen LogP contribution in [0.5, 0.6) is 17.4 Å². The molecule has 0 aliphatic heterocycles. The van der Waals surface area contributed by atoms with Gasteiger partial charge in [0.25, 0.3) is 0 Å². The SMILES string of the molecule is COc1c(CO)cc(OC(F)(F)F)cc1NC(=O)N[C@H]1CC[C@H](Oc2ccnc(-c3cccnc3)n2)CC1. The maximum Gasteiger partial charge on any atom is 0.573 e. The molecule has 202 valence electrons. The topological polar surface area (TPSA) is 128 Å². The average molecular weight is 534 g/mol. The molecule has 1 aliphatic rings. The third-order valence-electron chi connectivity index (χ3n) is 5.84. The summed E-state index contributed by atoms with van der Waals surface area (Å²) in [7, 11) is 1.28. The van der Waals surface area contributed by atoms with Crippen molar-refractivity contribution in [1.29, 1.82) is 0 Å². The van der Waals surface area contributed by atoms with Gasteiger partial charge in [-0.05, 0) is 43.9 Å². The van der Waals surface area contributed by atoms with Gasteiger partial charge in [0.15, 0.2) is 5.82 Å². The first-order valence-electron chi connectivity index (χ1n) is 11.8. The number of nitrogens with zero attached hydrogens (tertiary/aromatic N) is 3. The number of urea groups is 1. The first kappa shape index (κ1) is 26.9. The molecular weight excluding hydrogens is 507 g/mol. The molecule has 0 unspecified atom stereocenters. The summed E-state index contributed by atoms with van der Waals surface area (Å²) in [6, 6.07) is 6.51. The van der Waals surface area contributed by atoms with Gasteiger partial charge in [0.05, 0.1) is 19.4 Å². The maximum atomic E-state index is 12.7. The van der Waals surface area contributed by atoms with E-state index in [1.165, 1.54) is 7.11 Å². The number of ether oxygens (including phenoxy) is 3. The van der Waals surface area contributed by atoms with E-state index in [-0.39, 0.29) is 29.1 Å². The Kier molecular flexibility index (Phi) is 8.46. The minimum Gasteiger partial charge on any atom is -0.494 e. The van der Waals surface area contributed by atoms with Crippen molar-refractivity contribution < 1.29 is 37.3 Å². The van der Waals surface area contributed by atoms with Gasteiger partial charge in [-0.1, -0.05) is 0 Å². The minimum absolute atomic E-state index is 0.0265. The number of carbonyl (C=O) groups is 1. The quantitative estimate of drug-likeness (QED) is 0.388. The van der Waals surface area contributed by atoms with Crippen molar-refractivity contribution in [2.24, 2.45) is 0 Å². The van der Waals surface area contributed by atoms with Crippen molar-refractivity contribution in [3.05, 3.63) is 54.5 Å². The standard InChI is InChI=1S/C25H26F3N5O5/c1-36-22-16(14-34)11-19(38-25(26,27)28)12-20(22)32-24(35)31-17-4-6-18(7-5-17)37-21-8-10-30-23(33-21)15-3-2-9-29-13-15/h2-3,8-13,17-18,34H,4-7,14H2,1H3,(H2,31,32,35)/t17-,18-. The van der Waals surface area contributed by atoms with Crippen LogP contribution >= 0.6 is 0 Å². The first-order valence-corrected chi connectivity index (χ1v) is 11.8. The van der Waals surface area contributed by atoms with Crippen LogP contribution in [0.1, 0.15) is 31.2 Å². The van der Waals surface area contributed by atoms with Gasteiger partial charge in [-0.2, -0.15) is 4.98 Å². The van der Waals surface area contributed by atoms with Gasteiger partial charge in [-0.15, -0.1) is 13.2 Å². The Labute approximate surface area is 216 Å². The number of pyridine rings is 1. The number of aliphatic hydroxyl groups is 1. The zero-order valence-electron chi connectivity index (χ0n) is 20.4. The molecular formula is C25H26F3N5O5. The number of aliphatic hydroxyl groups excluding tert-OH is 1. The summed E-state index contributed by atoms with van der Waals surface area (Å²) in [4.78, 5) is 25.4. The highest BCUT2D eigenvalue weighted by Crippen LogP contribution is 2.36. The Balaban J connectivity index is 1.32. The molecule has 4 rings (SSSR count). The second kappa shape index (κ2) is 11.9. The molecule has 0 spiro atoms. The summed E-state index contributed by atoms with van der Waals surface area (Å²) < 4.78 is 53.2. The normalized spacial score (nSPS) is 17.4. The lowest BCUT2D eigenvalue weighted by molar-refractivity contribution is -0.274. The molecule has 1 aromatic carbocycles. The lowest BCUT2D eigenvalue weighted by atomic mass is 9.93. The summed E-state index contributed by atoms with van der Waals surface area (Å²) in [5.74, 6) is 0.393. The van der Waals surface area contributed by atoms with E-state index in [1.807, 2.05) is 6.07 Å². The van der Waals surface area contributed by atoms with Crippen LogP contribution in [-0.2, 0) is 6.61 Å². The van der Waals surface area contributed by atoms with Crippen molar-refractivity contribution >= 4 is 11.7 Å². The van der Waals surface area contributed by atoms with E-state index in [0.29, 0.717) is 37.4 Å². The van der Waals surface area contributed by atoms with Crippen LogP contribution in [0, 0.1) is 0 Å². The summed E-state index contributed by atoms with van der Waals surface area (Å²) >= 11 is 0. The Hall–Kier alpha value is -4.13. The van der Waals surface area contributed by atoms with E-state index in [0.717, 1.165) is 17.7 Å². The van der Waals surface area contributed by atoms with Gasteiger partial charge in [0.2, 0.25) is 5.88 Å². The van der Waals surface area contributed by atoms with Gasteiger partial charge >= 0.3 is 12.4 Å². The number of carbonyl (C=O) groups excluding carboxylic acids is 1. The summed E-state index contributed by atoms with van der Waals surface area (Å²) in [5, 5.41) is 14.8. The number of alkyl halides is 3. The highest BCUT2D eigenvalue weighted by atomic mass is 19.4. The smallest absolute Gasteiger partial charge is 0.494 e. The van der Waals surface area contributed by atoms with Crippen LogP contribution in [0.15, 0.2) is 48.9 Å². The number of anilines is 1. The Morgan fingerprint density at radius 3 is 2.61 bits per heavy atom. The predicted molar refractivity (Wildman–Crippen MR) is 130 cm³/mol. The second-order valence-electron chi connectivity index (χ2n) is 8.52. The minimum atomic E-state index is -4.94. The lowest BCUT2D eigenvalue weighted by Crippen LogP contribution is -2.41. The number of rotatable bonds is 8. The van der Waals surface area contributed by atoms with Crippen LogP contribution < -0.4 is 24.8 Å². The van der Waals surface area contributed by atoms with E-state index in [1.54, 1.807) is 30.7 Å². The number of benzene rings is 1. The summed E-state index contributed by atoms with van der Waals surface area (Å²) in [6.07, 6.45) is 2.47. The van der Waals surface area contributed by atoms with Crippen LogP contribution in [0.25, 0.3) is 11.4 Å². The highest BCUT2D eigenvalue weighted by molar-refractivity contribution is 5.91. The maximum absolute atomic E-state index is 12.7. The fourth-order valence-corrected chi connectivity index (χ4v) is 4.19. The molecule has 3 aromatic rings. The fraction of sp³-hybridized carbons (Fsp3) is 0.360. The predicted octanol–water partition coefficient (Wildman–Crippen LogP) is 4.45.